The van der Waals surface area contributed by atoms with Gasteiger partial charge >= 0.3 is 6.18 Å². The molecular weight excluding hydrogens is 561 g/mol. The summed E-state index contributed by atoms with van der Waals surface area (Å²) in [6.07, 6.45) is 6.15. The maximum absolute atomic E-state index is 14.4. The molecule has 2 aliphatic heterocycles. The Balaban J connectivity index is 0.000000698. The van der Waals surface area contributed by atoms with Gasteiger partial charge in [-0.15, -0.1) is 0 Å². The third-order valence-corrected chi connectivity index (χ3v) is 9.13. The Hall–Kier alpha value is -3.26. The Labute approximate surface area is 260 Å². The Bertz CT molecular complexity index is 1430. The van der Waals surface area contributed by atoms with Gasteiger partial charge in [0.2, 0.25) is 0 Å². The normalized spacial score (nSPS) is 20.5. The van der Waals surface area contributed by atoms with Crippen molar-refractivity contribution in [3.63, 3.8) is 0 Å². The van der Waals surface area contributed by atoms with E-state index in [1.54, 1.807) is 24.3 Å². The number of benzene rings is 2. The highest BCUT2D eigenvalue weighted by atomic mass is 19.4. The van der Waals surface area contributed by atoms with Gasteiger partial charge in [0.1, 0.15) is 5.75 Å². The van der Waals surface area contributed by atoms with Crippen molar-refractivity contribution in [1.29, 1.82) is 0 Å². The number of nitrogens with two attached hydrogens (primary N) is 1. The number of hydrogen-bond acceptors (Lipinski definition) is 5. The first-order chi connectivity index (χ1) is 21.0. The Morgan fingerprint density at radius 3 is 2.36 bits per heavy atom. The largest absolute Gasteiger partial charge is 0.497 e. The van der Waals surface area contributed by atoms with Crippen LogP contribution in [0.1, 0.15) is 88.8 Å². The molecule has 1 atom stereocenters. The van der Waals surface area contributed by atoms with Crippen LogP contribution in [0.4, 0.5) is 24.5 Å². The van der Waals surface area contributed by atoms with Crippen LogP contribution in [0, 0.1) is 18.8 Å². The molecule has 2 heterocycles. The maximum Gasteiger partial charge on any atom is 0.418 e. The molecule has 2 aromatic carbocycles. The van der Waals surface area contributed by atoms with Gasteiger partial charge in [-0.05, 0) is 111 Å². The highest BCUT2D eigenvalue weighted by Crippen LogP contribution is 2.46. The molecule has 0 radical (unpaired) electrons. The standard InChI is InChI=1S/C31H37F3N4O.C5H10/c1-5-7-28-25-8-6-9-26(25)30(22-12-19(2)13-24(15-22)39-4)36-38(28)29-16-23(10-11-27(29)31(32,33)34)37-17-21(18-37)14-20(3)35;1-5-3-2-4-5/h7,10-13,15-16,20-21H,5-6,8-9,14,17-18,35H2,1-4H3;5H,2-4H2,1H3/b28-7+;. The number of ether oxygens (including phenoxy) is 1. The monoisotopic (exact) mass is 608 g/mol. The van der Waals surface area contributed by atoms with Gasteiger partial charge in [-0.25, -0.2) is 5.01 Å². The summed E-state index contributed by atoms with van der Waals surface area (Å²) in [5.41, 5.74) is 11.7. The first-order valence-corrected chi connectivity index (χ1v) is 16.2. The second kappa shape index (κ2) is 13.4. The first-order valence-electron chi connectivity index (χ1n) is 16.2. The molecule has 0 amide bonds. The van der Waals surface area contributed by atoms with E-state index in [2.05, 4.69) is 11.8 Å². The number of hydrazone groups is 1. The van der Waals surface area contributed by atoms with E-state index in [-0.39, 0.29) is 11.7 Å². The third kappa shape index (κ3) is 7.01. The topological polar surface area (TPSA) is 54.1 Å². The maximum atomic E-state index is 14.4. The summed E-state index contributed by atoms with van der Waals surface area (Å²) < 4.78 is 48.8. The van der Waals surface area contributed by atoms with Gasteiger partial charge in [0.25, 0.3) is 0 Å². The summed E-state index contributed by atoms with van der Waals surface area (Å²) in [5, 5.41) is 6.53. The van der Waals surface area contributed by atoms with Crippen LogP contribution in [-0.2, 0) is 6.18 Å². The highest BCUT2D eigenvalue weighted by molar-refractivity contribution is 6.15. The van der Waals surface area contributed by atoms with Crippen LogP contribution >= 0.6 is 0 Å². The van der Waals surface area contributed by atoms with Crippen LogP contribution in [-0.4, -0.2) is 32.0 Å². The van der Waals surface area contributed by atoms with Gasteiger partial charge < -0.3 is 15.4 Å². The molecule has 44 heavy (non-hydrogen) atoms. The highest BCUT2D eigenvalue weighted by Gasteiger charge is 2.39. The second-order valence-electron chi connectivity index (χ2n) is 13.0. The van der Waals surface area contributed by atoms with Crippen molar-refractivity contribution in [2.24, 2.45) is 22.7 Å². The van der Waals surface area contributed by atoms with E-state index in [9.17, 15) is 13.2 Å². The number of halogens is 3. The lowest BCUT2D eigenvalue weighted by Gasteiger charge is -2.42. The lowest BCUT2D eigenvalue weighted by Crippen LogP contribution is -2.48. The SMILES string of the molecule is CC/C=C1\C2=C(CCC2)C(c2cc(C)cc(OC)c2)=NN1c1cc(N2CC(CC(C)N)C2)ccc1C(F)(F)F.CC1CCC1. The van der Waals surface area contributed by atoms with Crippen molar-refractivity contribution in [3.05, 3.63) is 76.0 Å². The fraction of sp³-hybridized carbons (Fsp3) is 0.528. The molecule has 0 bridgehead atoms. The van der Waals surface area contributed by atoms with E-state index < -0.39 is 11.7 Å². The first kappa shape index (κ1) is 32.1. The summed E-state index contributed by atoms with van der Waals surface area (Å²) in [6, 6.07) is 10.4. The van der Waals surface area contributed by atoms with E-state index in [0.717, 1.165) is 84.1 Å². The minimum Gasteiger partial charge on any atom is -0.497 e. The van der Waals surface area contributed by atoms with Crippen LogP contribution in [0.5, 0.6) is 5.75 Å². The number of alkyl halides is 3. The zero-order valence-corrected chi connectivity index (χ0v) is 26.8. The third-order valence-electron chi connectivity index (χ3n) is 9.13. The van der Waals surface area contributed by atoms with Gasteiger partial charge in [-0.1, -0.05) is 39.2 Å². The number of allylic oxidation sites excluding steroid dienone is 3. The van der Waals surface area contributed by atoms with Gasteiger partial charge in [0.05, 0.1) is 29.8 Å². The van der Waals surface area contributed by atoms with Crippen LogP contribution < -0.4 is 20.4 Å². The minimum atomic E-state index is -4.52. The van der Waals surface area contributed by atoms with Crippen molar-refractivity contribution in [3.8, 4) is 5.75 Å². The molecule has 0 spiro atoms. The smallest absolute Gasteiger partial charge is 0.418 e. The lowest BCUT2D eigenvalue weighted by atomic mass is 9.88. The van der Waals surface area contributed by atoms with Gasteiger partial charge in [0.15, 0.2) is 0 Å². The number of rotatable bonds is 7. The van der Waals surface area contributed by atoms with E-state index in [4.69, 9.17) is 15.6 Å². The predicted molar refractivity (Wildman–Crippen MR) is 174 cm³/mol. The van der Waals surface area contributed by atoms with Crippen molar-refractivity contribution >= 4 is 17.1 Å². The second-order valence-corrected chi connectivity index (χ2v) is 13.0. The molecule has 5 nitrogen and oxygen atoms in total. The fourth-order valence-corrected chi connectivity index (χ4v) is 6.65. The summed E-state index contributed by atoms with van der Waals surface area (Å²) >= 11 is 0. The Morgan fingerprint density at radius 2 is 1.77 bits per heavy atom. The molecular formula is C36H47F3N4O. The number of hydrogen-bond donors (Lipinski definition) is 1. The predicted octanol–water partition coefficient (Wildman–Crippen LogP) is 9.00. The van der Waals surface area contributed by atoms with Crippen LogP contribution in [0.25, 0.3) is 0 Å². The Morgan fingerprint density at radius 1 is 1.07 bits per heavy atom. The number of anilines is 2. The van der Waals surface area contributed by atoms with Crippen LogP contribution in [0.3, 0.4) is 0 Å². The average Bonchev–Trinajstić information content (AvgIpc) is 3.43. The van der Waals surface area contributed by atoms with E-state index in [1.165, 1.54) is 25.3 Å². The summed E-state index contributed by atoms with van der Waals surface area (Å²) in [4.78, 5) is 2.13. The summed E-state index contributed by atoms with van der Waals surface area (Å²) in [5.74, 6) is 2.22. The molecule has 6 rings (SSSR count). The van der Waals surface area contributed by atoms with Crippen LogP contribution in [0.2, 0.25) is 0 Å². The lowest BCUT2D eigenvalue weighted by molar-refractivity contribution is -0.137. The average molecular weight is 609 g/mol. The van der Waals surface area contributed by atoms with Crippen molar-refractivity contribution in [1.82, 2.24) is 0 Å². The molecule has 8 heteroatoms. The fourth-order valence-electron chi connectivity index (χ4n) is 6.65. The van der Waals surface area contributed by atoms with Gasteiger partial charge in [0, 0.05) is 30.4 Å². The Kier molecular flexibility index (Phi) is 9.78. The van der Waals surface area contributed by atoms with E-state index >= 15 is 0 Å². The van der Waals surface area contributed by atoms with E-state index in [1.807, 2.05) is 45.0 Å². The van der Waals surface area contributed by atoms with Crippen molar-refractivity contribution < 1.29 is 17.9 Å². The molecule has 0 aromatic heterocycles. The van der Waals surface area contributed by atoms with Gasteiger partial charge in [-0.2, -0.15) is 18.3 Å². The molecule has 238 valence electrons. The molecule has 1 saturated carbocycles. The number of aryl methyl sites for hydroxylation is 1. The molecule has 2 aliphatic carbocycles. The molecule has 2 aromatic rings. The minimum absolute atomic E-state index is 0.0610. The summed E-state index contributed by atoms with van der Waals surface area (Å²) in [6.45, 7) is 9.86. The zero-order chi connectivity index (χ0) is 31.6. The molecule has 1 unspecified atom stereocenters. The summed E-state index contributed by atoms with van der Waals surface area (Å²) in [7, 11) is 1.62. The van der Waals surface area contributed by atoms with Crippen molar-refractivity contribution in [2.75, 3.05) is 30.1 Å². The van der Waals surface area contributed by atoms with Gasteiger partial charge in [-0.3, -0.25) is 0 Å². The number of methoxy groups -OCH3 is 1. The van der Waals surface area contributed by atoms with Crippen LogP contribution in [0.15, 0.2) is 64.4 Å². The number of nitrogens with zero attached hydrogens (tertiary/aromatic N) is 3. The zero-order valence-electron chi connectivity index (χ0n) is 26.8. The van der Waals surface area contributed by atoms with Crippen molar-refractivity contribution in [2.45, 2.75) is 91.3 Å². The molecule has 4 aliphatic rings. The quantitative estimate of drug-likeness (QED) is 0.341. The molecule has 2 fully saturated rings. The van der Waals surface area contributed by atoms with E-state index in [0.29, 0.717) is 18.1 Å². The molecule has 2 N–H and O–H groups in total. The molecule has 1 saturated heterocycles.